The lowest BCUT2D eigenvalue weighted by atomic mass is 9.59. The molecule has 71 heavy (non-hydrogen) atoms. The molecule has 1 amide bonds. The summed E-state index contributed by atoms with van der Waals surface area (Å²) in [4.78, 5) is 37.2. The van der Waals surface area contributed by atoms with Gasteiger partial charge in [0.25, 0.3) is 27.5 Å². The molecule has 20 heteroatoms. The first-order valence-electron chi connectivity index (χ1n) is 24.4. The zero-order valence-corrected chi connectivity index (χ0v) is 40.7. The van der Waals surface area contributed by atoms with Crippen LogP contribution < -0.4 is 29.1 Å². The van der Waals surface area contributed by atoms with Gasteiger partial charge in [-0.3, -0.25) is 19.8 Å². The molecular weight excluding hydrogens is 941 g/mol. The van der Waals surface area contributed by atoms with Crippen molar-refractivity contribution < 1.29 is 51.0 Å². The molecule has 17 nitrogen and oxygen atoms in total. The van der Waals surface area contributed by atoms with Crippen LogP contribution in [0.1, 0.15) is 106 Å². The second kappa shape index (κ2) is 19.2. The second-order valence-electron chi connectivity index (χ2n) is 20.4. The van der Waals surface area contributed by atoms with Crippen molar-refractivity contribution in [2.75, 3.05) is 49.7 Å². The molecule has 0 unspecified atom stereocenters. The summed E-state index contributed by atoms with van der Waals surface area (Å²) in [7, 11) is -4.81. The number of nitrogens with one attached hydrogen (secondary N) is 3. The number of hydrogen-bond donors (Lipinski definition) is 4. The Labute approximate surface area is 410 Å². The Morgan fingerprint density at radius 1 is 1.00 bits per heavy atom. The Balaban J connectivity index is 0.889. The number of nitro groups is 1. The van der Waals surface area contributed by atoms with E-state index in [4.69, 9.17) is 18.9 Å². The van der Waals surface area contributed by atoms with E-state index in [0.29, 0.717) is 75.0 Å². The van der Waals surface area contributed by atoms with Crippen LogP contribution in [-0.4, -0.2) is 103 Å². The normalized spacial score (nSPS) is 23.7. The van der Waals surface area contributed by atoms with Crippen molar-refractivity contribution in [3.8, 4) is 23.1 Å². The van der Waals surface area contributed by atoms with Crippen LogP contribution in [0.3, 0.4) is 0 Å². The summed E-state index contributed by atoms with van der Waals surface area (Å²) in [5.74, 6) is -1.77. The summed E-state index contributed by atoms with van der Waals surface area (Å²) >= 11 is 0. The van der Waals surface area contributed by atoms with Gasteiger partial charge in [-0.05, 0) is 111 Å². The van der Waals surface area contributed by atoms with E-state index in [1.807, 2.05) is 4.72 Å². The number of fused-ring (bicyclic) bond motifs is 2. The number of sulfonamides is 1. The van der Waals surface area contributed by atoms with Gasteiger partial charge in [0.15, 0.2) is 17.2 Å². The first-order chi connectivity index (χ1) is 33.9. The number of aromatic amines is 1. The third-order valence-electron chi connectivity index (χ3n) is 15.5. The molecule has 2 atom stereocenters. The zero-order valence-electron chi connectivity index (χ0n) is 39.9. The molecule has 5 heterocycles. The van der Waals surface area contributed by atoms with Gasteiger partial charge in [-0.25, -0.2) is 13.1 Å². The average Bonchev–Trinajstić information content (AvgIpc) is 3.79. The van der Waals surface area contributed by atoms with Crippen molar-refractivity contribution in [3.63, 3.8) is 0 Å². The van der Waals surface area contributed by atoms with E-state index in [2.05, 4.69) is 63.2 Å². The van der Waals surface area contributed by atoms with Crippen LogP contribution >= 0.6 is 0 Å². The fourth-order valence-electron chi connectivity index (χ4n) is 11.5. The number of carbonyl (C=O) groups is 1. The summed E-state index contributed by atoms with van der Waals surface area (Å²) in [6.07, 6.45) is 7.97. The smallest absolute Gasteiger partial charge is 0.388 e. The highest BCUT2D eigenvalue weighted by Crippen LogP contribution is 2.53. The maximum atomic E-state index is 14.2. The molecule has 2 saturated carbocycles. The number of nitrogens with zero attached hydrogens (tertiary/aromatic N) is 4. The number of rotatable bonds is 13. The number of aliphatic hydroxyl groups is 1. The van der Waals surface area contributed by atoms with Crippen LogP contribution in [0, 0.1) is 21.4 Å². The van der Waals surface area contributed by atoms with Crippen LogP contribution in [0.25, 0.3) is 11.0 Å². The summed E-state index contributed by atoms with van der Waals surface area (Å²) in [5, 5.41) is 26.6. The van der Waals surface area contributed by atoms with Gasteiger partial charge >= 0.3 is 6.61 Å². The number of H-pyrrole nitrogens is 1. The summed E-state index contributed by atoms with van der Waals surface area (Å²) in [6, 6.07) is 18.7. The molecule has 5 aliphatic rings. The van der Waals surface area contributed by atoms with Crippen LogP contribution in [0.15, 0.2) is 77.8 Å². The standard InChI is InChI=1S/C51H59F2N7O10S/c1-30(2)36-6-4-5-7-37(36)41-29-67-21-20-59(41)34-26-51(27-34)15-18-58(19-16-51)33-8-9-38(42(23-33)69-44-22-32-12-17-54-46(32)56-48(44)70-49(52)53)47(61)57-71(65,66)35-24-40(60(63)64)45-43(25-35)68-28-39(55-45)31-10-13-50(3,62)14-11-31/h4-9,12,17,22-25,30-31,34,39,41,49,55,62H,10-11,13-16,18-21,26-29H2,1-3H3,(H,54,56)(H,57,61)/t31?,39-,41+,50?/m1/s1. The van der Waals surface area contributed by atoms with Gasteiger partial charge in [0.05, 0.1) is 46.3 Å². The molecule has 2 aromatic heterocycles. The van der Waals surface area contributed by atoms with Crippen molar-refractivity contribution >= 4 is 44.0 Å². The number of piperidine rings is 1. The van der Waals surface area contributed by atoms with Crippen LogP contribution in [-0.2, 0) is 14.8 Å². The maximum absolute atomic E-state index is 14.2. The molecule has 0 bridgehead atoms. The first-order valence-corrected chi connectivity index (χ1v) is 25.9. The summed E-state index contributed by atoms with van der Waals surface area (Å²) in [6.45, 7) is 6.65. The minimum absolute atomic E-state index is 0.0183. The molecule has 2 saturated heterocycles. The molecule has 10 rings (SSSR count). The van der Waals surface area contributed by atoms with Crippen molar-refractivity contribution in [1.82, 2.24) is 19.6 Å². The van der Waals surface area contributed by atoms with Crippen LogP contribution in [0.2, 0.25) is 0 Å². The number of ether oxygens (including phenoxy) is 4. The number of hydrogen-bond acceptors (Lipinski definition) is 14. The Hall–Kier alpha value is -6.09. The third-order valence-corrected chi connectivity index (χ3v) is 16.8. The number of alkyl halides is 2. The minimum atomic E-state index is -4.81. The number of anilines is 2. The van der Waals surface area contributed by atoms with Crippen LogP contribution in [0.4, 0.5) is 25.8 Å². The summed E-state index contributed by atoms with van der Waals surface area (Å²) in [5.41, 5.74) is 2.13. The van der Waals surface area contributed by atoms with E-state index in [1.54, 1.807) is 31.3 Å². The highest BCUT2D eigenvalue weighted by molar-refractivity contribution is 7.90. The topological polar surface area (TPSA) is 211 Å². The number of aromatic nitrogens is 2. The number of benzene rings is 3. The lowest BCUT2D eigenvalue weighted by molar-refractivity contribution is -0.384. The fraction of sp³-hybridized carbons (Fsp3) is 0.490. The molecule has 378 valence electrons. The van der Waals surface area contributed by atoms with Crippen molar-refractivity contribution in [2.45, 2.75) is 113 Å². The second-order valence-corrected chi connectivity index (χ2v) is 22.1. The summed E-state index contributed by atoms with van der Waals surface area (Å²) < 4.78 is 80.7. The van der Waals surface area contributed by atoms with E-state index in [1.165, 1.54) is 23.3 Å². The first kappa shape index (κ1) is 48.5. The molecule has 3 aromatic carbocycles. The van der Waals surface area contributed by atoms with E-state index in [0.717, 1.165) is 44.4 Å². The lowest BCUT2D eigenvalue weighted by Gasteiger charge is -2.57. The predicted molar refractivity (Wildman–Crippen MR) is 260 cm³/mol. The number of halogens is 2. The molecule has 2 aliphatic carbocycles. The number of nitro benzene ring substituents is 1. The van der Waals surface area contributed by atoms with Gasteiger partial charge in [0, 0.05) is 61.1 Å². The van der Waals surface area contributed by atoms with Crippen molar-refractivity contribution in [2.24, 2.45) is 11.3 Å². The van der Waals surface area contributed by atoms with E-state index >= 15 is 0 Å². The molecule has 4 fully saturated rings. The fourth-order valence-corrected chi connectivity index (χ4v) is 12.5. The maximum Gasteiger partial charge on any atom is 0.388 e. The van der Waals surface area contributed by atoms with E-state index in [-0.39, 0.29) is 64.2 Å². The molecule has 4 N–H and O–H groups in total. The number of morpholine rings is 1. The Morgan fingerprint density at radius 3 is 2.49 bits per heavy atom. The largest absolute Gasteiger partial charge is 0.489 e. The average molecular weight is 1000 g/mol. The number of amides is 1. The van der Waals surface area contributed by atoms with Gasteiger partial charge < -0.3 is 39.3 Å². The minimum Gasteiger partial charge on any atom is -0.489 e. The molecule has 0 radical (unpaired) electrons. The highest BCUT2D eigenvalue weighted by Gasteiger charge is 2.50. The molecule has 1 spiro atoms. The van der Waals surface area contributed by atoms with Gasteiger partial charge in [-0.2, -0.15) is 13.8 Å². The van der Waals surface area contributed by atoms with Gasteiger partial charge in [-0.1, -0.05) is 38.1 Å². The predicted octanol–water partition coefficient (Wildman–Crippen LogP) is 9.04. The molecular formula is C51H59F2N7O10S. The lowest BCUT2D eigenvalue weighted by Crippen LogP contribution is -2.58. The van der Waals surface area contributed by atoms with Crippen molar-refractivity contribution in [3.05, 3.63) is 99.7 Å². The molecule has 3 aliphatic heterocycles. The van der Waals surface area contributed by atoms with Gasteiger partial charge in [-0.15, -0.1) is 0 Å². The number of carbonyl (C=O) groups excluding carboxylic acids is 1. The van der Waals surface area contributed by atoms with Crippen molar-refractivity contribution in [1.29, 1.82) is 0 Å². The monoisotopic (exact) mass is 999 g/mol. The van der Waals surface area contributed by atoms with Crippen LogP contribution in [0.5, 0.6) is 23.1 Å². The third kappa shape index (κ3) is 9.95. The van der Waals surface area contributed by atoms with Gasteiger partial charge in [0.1, 0.15) is 18.0 Å². The Morgan fingerprint density at radius 2 is 1.76 bits per heavy atom. The molecule has 5 aromatic rings. The van der Waals surface area contributed by atoms with E-state index < -0.39 is 49.5 Å². The SMILES string of the molecule is CC(C)c1ccccc1[C@@H]1COCCN1C1CC2(CCN(c3ccc(C(=O)NS(=O)(=O)c4cc5c(c([N+](=O)[O-])c4)N[C@@H](C4CCC(C)(O)CC4)CO5)c(Oc4cc5cc[nH]c5nc4OC(F)F)c3)CC2)C1. The quantitative estimate of drug-likeness (QED) is 0.0641. The highest BCUT2D eigenvalue weighted by atomic mass is 32.2. The number of pyridine rings is 1. The Kier molecular flexibility index (Phi) is 13.1. The van der Waals surface area contributed by atoms with E-state index in [9.17, 15) is 37.2 Å². The zero-order chi connectivity index (χ0) is 49.8. The van der Waals surface area contributed by atoms with Gasteiger partial charge in [0.2, 0.25) is 0 Å². The Bertz CT molecular complexity index is 2930.